The molecular formula is C14H12ClN3S. The number of fused-ring (bicyclic) bond motifs is 1. The Morgan fingerprint density at radius 2 is 2.05 bits per heavy atom. The van der Waals surface area contributed by atoms with Crippen molar-refractivity contribution >= 4 is 39.7 Å². The molecule has 3 rings (SSSR count). The first-order chi connectivity index (χ1) is 9.19. The van der Waals surface area contributed by atoms with Crippen molar-refractivity contribution in [2.45, 2.75) is 6.92 Å². The molecule has 2 aromatic heterocycles. The highest BCUT2D eigenvalue weighted by atomic mass is 35.5. The van der Waals surface area contributed by atoms with Gasteiger partial charge in [0.15, 0.2) is 5.82 Å². The highest BCUT2D eigenvalue weighted by Crippen LogP contribution is 2.33. The fourth-order valence-electron chi connectivity index (χ4n) is 1.99. The van der Waals surface area contributed by atoms with Crippen LogP contribution in [0.15, 0.2) is 29.6 Å². The number of hydrogen-bond acceptors (Lipinski definition) is 4. The van der Waals surface area contributed by atoms with Gasteiger partial charge in [-0.3, -0.25) is 0 Å². The second-order valence-corrected chi connectivity index (χ2v) is 5.59. The Morgan fingerprint density at radius 1 is 1.21 bits per heavy atom. The quantitative estimate of drug-likeness (QED) is 0.761. The Bertz CT molecular complexity index is 752. The molecule has 0 atom stereocenters. The molecule has 0 saturated carbocycles. The first-order valence-corrected chi connectivity index (χ1v) is 7.14. The average molecular weight is 290 g/mol. The Kier molecular flexibility index (Phi) is 3.12. The molecule has 96 valence electrons. The van der Waals surface area contributed by atoms with E-state index in [-0.39, 0.29) is 0 Å². The summed E-state index contributed by atoms with van der Waals surface area (Å²) in [6.07, 6.45) is 0. The zero-order valence-corrected chi connectivity index (χ0v) is 12.1. The molecule has 0 unspecified atom stereocenters. The number of nitrogens with zero attached hydrogens (tertiary/aromatic N) is 2. The number of rotatable bonds is 2. The van der Waals surface area contributed by atoms with Gasteiger partial charge in [-0.2, -0.15) is 0 Å². The van der Waals surface area contributed by atoms with Crippen LogP contribution in [0, 0.1) is 6.92 Å². The van der Waals surface area contributed by atoms with Crippen LogP contribution in [0.25, 0.3) is 21.6 Å². The second-order valence-electron chi connectivity index (χ2n) is 4.26. The van der Waals surface area contributed by atoms with Gasteiger partial charge in [0.25, 0.3) is 0 Å². The molecule has 5 heteroatoms. The molecule has 0 bridgehead atoms. The first-order valence-electron chi connectivity index (χ1n) is 5.88. The van der Waals surface area contributed by atoms with Crippen molar-refractivity contribution in [1.29, 1.82) is 0 Å². The minimum atomic E-state index is 0.667. The van der Waals surface area contributed by atoms with Gasteiger partial charge in [0.2, 0.25) is 0 Å². The van der Waals surface area contributed by atoms with Crippen molar-refractivity contribution in [3.8, 4) is 10.7 Å². The SMILES string of the molecule is CNc1nc(-c2sccc2Cl)nc2ccc(C)cc12. The van der Waals surface area contributed by atoms with Crippen molar-refractivity contribution in [3.05, 3.63) is 40.2 Å². The van der Waals surface area contributed by atoms with Gasteiger partial charge in [-0.05, 0) is 30.5 Å². The Balaban J connectivity index is 2.29. The van der Waals surface area contributed by atoms with E-state index in [1.54, 1.807) is 11.3 Å². The Labute approximate surface area is 120 Å². The van der Waals surface area contributed by atoms with Crippen LogP contribution in [-0.2, 0) is 0 Å². The molecule has 0 fully saturated rings. The lowest BCUT2D eigenvalue weighted by Gasteiger charge is -2.08. The molecule has 0 aliphatic carbocycles. The van der Waals surface area contributed by atoms with Crippen LogP contribution in [0.4, 0.5) is 5.82 Å². The number of benzene rings is 1. The van der Waals surface area contributed by atoms with Crippen LogP contribution >= 0.6 is 22.9 Å². The largest absolute Gasteiger partial charge is 0.373 e. The number of hydrogen-bond donors (Lipinski definition) is 1. The van der Waals surface area contributed by atoms with Gasteiger partial charge in [0.05, 0.1) is 15.4 Å². The minimum absolute atomic E-state index is 0.667. The van der Waals surface area contributed by atoms with Gasteiger partial charge in [0.1, 0.15) is 5.82 Å². The lowest BCUT2D eigenvalue weighted by Crippen LogP contribution is -1.98. The van der Waals surface area contributed by atoms with Crippen LogP contribution in [0.3, 0.4) is 0 Å². The summed E-state index contributed by atoms with van der Waals surface area (Å²) in [4.78, 5) is 10.1. The molecule has 3 nitrogen and oxygen atoms in total. The monoisotopic (exact) mass is 289 g/mol. The summed E-state index contributed by atoms with van der Waals surface area (Å²) < 4.78 is 0. The predicted octanol–water partition coefficient (Wildman–Crippen LogP) is 4.36. The van der Waals surface area contributed by atoms with Crippen molar-refractivity contribution in [2.24, 2.45) is 0 Å². The zero-order valence-electron chi connectivity index (χ0n) is 10.6. The molecule has 0 saturated heterocycles. The second kappa shape index (κ2) is 4.79. The maximum Gasteiger partial charge on any atom is 0.173 e. The van der Waals surface area contributed by atoms with E-state index in [1.165, 1.54) is 5.56 Å². The van der Waals surface area contributed by atoms with Crippen LogP contribution < -0.4 is 5.32 Å². The third-order valence-electron chi connectivity index (χ3n) is 2.91. The van der Waals surface area contributed by atoms with Gasteiger partial charge < -0.3 is 5.32 Å². The lowest BCUT2D eigenvalue weighted by atomic mass is 10.1. The molecule has 1 N–H and O–H groups in total. The summed E-state index contributed by atoms with van der Waals surface area (Å²) in [5.74, 6) is 1.49. The van der Waals surface area contributed by atoms with E-state index in [2.05, 4.69) is 34.3 Å². The van der Waals surface area contributed by atoms with Crippen LogP contribution in [0.2, 0.25) is 5.02 Å². The highest BCUT2D eigenvalue weighted by Gasteiger charge is 2.12. The summed E-state index contributed by atoms with van der Waals surface area (Å²) in [6.45, 7) is 2.06. The molecule has 3 aromatic rings. The lowest BCUT2D eigenvalue weighted by molar-refractivity contribution is 1.22. The van der Waals surface area contributed by atoms with Crippen LogP contribution in [0.5, 0.6) is 0 Å². The molecule has 0 aliphatic rings. The van der Waals surface area contributed by atoms with E-state index in [9.17, 15) is 0 Å². The van der Waals surface area contributed by atoms with E-state index in [1.807, 2.05) is 24.6 Å². The van der Waals surface area contributed by atoms with Crippen LogP contribution in [-0.4, -0.2) is 17.0 Å². The number of anilines is 1. The first kappa shape index (κ1) is 12.4. The standard InChI is InChI=1S/C14H12ClN3S/c1-8-3-4-11-9(7-8)13(16-2)18-14(17-11)12-10(15)5-6-19-12/h3-7H,1-2H3,(H,16,17,18). The third kappa shape index (κ3) is 2.17. The molecule has 0 spiro atoms. The highest BCUT2D eigenvalue weighted by molar-refractivity contribution is 7.14. The number of aromatic nitrogens is 2. The molecule has 19 heavy (non-hydrogen) atoms. The maximum atomic E-state index is 6.16. The van der Waals surface area contributed by atoms with Gasteiger partial charge in [0, 0.05) is 12.4 Å². The van der Waals surface area contributed by atoms with Gasteiger partial charge >= 0.3 is 0 Å². The van der Waals surface area contributed by atoms with E-state index < -0.39 is 0 Å². The molecule has 0 radical (unpaired) electrons. The zero-order chi connectivity index (χ0) is 13.4. The fourth-order valence-corrected chi connectivity index (χ4v) is 3.06. The number of nitrogens with one attached hydrogen (secondary N) is 1. The third-order valence-corrected chi connectivity index (χ3v) is 4.25. The summed E-state index contributed by atoms with van der Waals surface area (Å²) in [6, 6.07) is 8.01. The van der Waals surface area contributed by atoms with Gasteiger partial charge in [-0.15, -0.1) is 11.3 Å². The van der Waals surface area contributed by atoms with E-state index in [4.69, 9.17) is 11.6 Å². The Morgan fingerprint density at radius 3 is 2.74 bits per heavy atom. The molecule has 2 heterocycles. The Hall–Kier alpha value is -1.65. The summed E-state index contributed by atoms with van der Waals surface area (Å²) in [7, 11) is 1.86. The predicted molar refractivity (Wildman–Crippen MR) is 82.1 cm³/mol. The van der Waals surface area contributed by atoms with E-state index in [0.29, 0.717) is 10.8 Å². The van der Waals surface area contributed by atoms with Crippen molar-refractivity contribution in [2.75, 3.05) is 12.4 Å². The van der Waals surface area contributed by atoms with Gasteiger partial charge in [-0.25, -0.2) is 9.97 Å². The molecule has 0 amide bonds. The smallest absolute Gasteiger partial charge is 0.173 e. The summed E-state index contributed by atoms with van der Waals surface area (Å²) >= 11 is 7.71. The minimum Gasteiger partial charge on any atom is -0.373 e. The maximum absolute atomic E-state index is 6.16. The molecular weight excluding hydrogens is 278 g/mol. The topological polar surface area (TPSA) is 37.8 Å². The van der Waals surface area contributed by atoms with Crippen molar-refractivity contribution < 1.29 is 0 Å². The molecule has 0 aliphatic heterocycles. The van der Waals surface area contributed by atoms with Crippen LogP contribution in [0.1, 0.15) is 5.56 Å². The number of halogens is 1. The summed E-state index contributed by atoms with van der Waals surface area (Å²) in [5.41, 5.74) is 2.11. The number of thiophene rings is 1. The fraction of sp³-hybridized carbons (Fsp3) is 0.143. The van der Waals surface area contributed by atoms with Crippen molar-refractivity contribution in [1.82, 2.24) is 9.97 Å². The van der Waals surface area contributed by atoms with Crippen molar-refractivity contribution in [3.63, 3.8) is 0 Å². The van der Waals surface area contributed by atoms with E-state index >= 15 is 0 Å². The molecule has 1 aromatic carbocycles. The number of aryl methyl sites for hydroxylation is 1. The van der Waals surface area contributed by atoms with Gasteiger partial charge in [-0.1, -0.05) is 23.2 Å². The normalized spacial score (nSPS) is 10.9. The van der Waals surface area contributed by atoms with E-state index in [0.717, 1.165) is 21.6 Å². The summed E-state index contributed by atoms with van der Waals surface area (Å²) in [5, 5.41) is 6.79. The average Bonchev–Trinajstić information content (AvgIpc) is 2.84.